The molecule has 0 spiro atoms. The monoisotopic (exact) mass is 1080 g/mol. The molecular weight excluding hydrogens is 1020 g/mol. The molecule has 0 saturated carbocycles. The van der Waals surface area contributed by atoms with Gasteiger partial charge in [0.25, 0.3) is 0 Å². The molecule has 4 heterocycles. The van der Waals surface area contributed by atoms with Gasteiger partial charge in [0.1, 0.15) is 11.2 Å². The maximum absolute atomic E-state index is 7.28. The Morgan fingerprint density at radius 1 is 0.641 bits per heavy atom. The molecule has 321 valence electrons. The standard InChI is InChI=1S/C44H39GeN2O2.C13H12N.Ir/c1-25(2)35-23-27(45(5,6)7)24-36(26(3)4)40(35)47-38-17-10-9-16-37(38)46-44(47)34-15-12-14-29-31-21-22-32-33(42(31)49-43(29)34)20-19-30-28-13-8-11-18-39(28)48-41(30)32;1-10-3-6-12(7-4-10)13-8-5-11(2)9-14-13;/h8-14,16-26H,1-7H3;3-6,8-9H,1-2H3;/q2*-1;/i;1D3,2D3;. The van der Waals surface area contributed by atoms with Gasteiger partial charge in [0.05, 0.1) is 0 Å². The smallest absolute Gasteiger partial charge is 0.0280 e. The van der Waals surface area contributed by atoms with Crippen molar-refractivity contribution in [3.05, 3.63) is 168 Å². The van der Waals surface area contributed by atoms with Crippen molar-refractivity contribution >= 4 is 83.3 Å². The van der Waals surface area contributed by atoms with Crippen LogP contribution in [0.5, 0.6) is 0 Å². The van der Waals surface area contributed by atoms with E-state index in [9.17, 15) is 0 Å². The molecule has 0 aliphatic heterocycles. The molecule has 0 aliphatic rings. The average molecular weight is 1080 g/mol. The Morgan fingerprint density at radius 2 is 1.27 bits per heavy atom. The fourth-order valence-electron chi connectivity index (χ4n) is 8.76. The van der Waals surface area contributed by atoms with E-state index < -0.39 is 27.0 Å². The largest absolute Gasteiger partial charge is 0.304 e. The predicted octanol–water partition coefficient (Wildman–Crippen LogP) is 15.4. The van der Waals surface area contributed by atoms with Crippen LogP contribution in [0.4, 0.5) is 0 Å². The van der Waals surface area contributed by atoms with Gasteiger partial charge in [-0.25, -0.2) is 0 Å². The number of aryl methyl sites for hydroxylation is 2. The molecule has 1 radical (unpaired) electrons. The van der Waals surface area contributed by atoms with E-state index in [0.29, 0.717) is 23.1 Å². The Bertz CT molecular complexity index is 3660. The molecule has 0 fully saturated rings. The van der Waals surface area contributed by atoms with Gasteiger partial charge in [0.15, 0.2) is 0 Å². The van der Waals surface area contributed by atoms with E-state index in [0.717, 1.165) is 77.1 Å². The van der Waals surface area contributed by atoms with E-state index in [4.69, 9.17) is 22.0 Å². The van der Waals surface area contributed by atoms with Crippen LogP contribution >= 0.6 is 0 Å². The number of fused-ring (bicyclic) bond motifs is 10. The first-order valence-corrected chi connectivity index (χ1v) is 28.9. The predicted molar refractivity (Wildman–Crippen MR) is 267 cm³/mol. The van der Waals surface area contributed by atoms with E-state index in [1.54, 1.807) is 16.5 Å². The van der Waals surface area contributed by atoms with E-state index in [1.807, 2.05) is 18.2 Å². The normalized spacial score (nSPS) is 13.8. The van der Waals surface area contributed by atoms with Crippen LogP contribution in [-0.4, -0.2) is 27.8 Å². The van der Waals surface area contributed by atoms with Crippen molar-refractivity contribution in [1.29, 1.82) is 0 Å². The third-order valence-electron chi connectivity index (χ3n) is 12.1. The summed E-state index contributed by atoms with van der Waals surface area (Å²) >= 11 is -2.15. The number of pyridine rings is 1. The van der Waals surface area contributed by atoms with Crippen molar-refractivity contribution in [1.82, 2.24) is 14.5 Å². The summed E-state index contributed by atoms with van der Waals surface area (Å²) in [5.74, 6) is 8.98. The molecule has 7 heteroatoms. The van der Waals surface area contributed by atoms with Crippen LogP contribution in [0.25, 0.3) is 94.0 Å². The van der Waals surface area contributed by atoms with Gasteiger partial charge in [0.2, 0.25) is 0 Å². The second-order valence-electron chi connectivity index (χ2n) is 18.0. The summed E-state index contributed by atoms with van der Waals surface area (Å²) in [6, 6.07) is 48.6. The number of benzene rings is 7. The zero-order valence-corrected chi connectivity index (χ0v) is 41.3. The topological polar surface area (TPSA) is 57.0 Å². The minimum atomic E-state index is -2.18. The average Bonchev–Trinajstić information content (AvgIpc) is 4.02. The Kier molecular flexibility index (Phi) is 9.69. The maximum Gasteiger partial charge on any atom is 0.0280 e. The molecule has 64 heavy (non-hydrogen) atoms. The number of furan rings is 2. The summed E-state index contributed by atoms with van der Waals surface area (Å²) in [6.07, 6.45) is 1.30. The summed E-state index contributed by atoms with van der Waals surface area (Å²) in [5.41, 5.74) is 11.9. The zero-order valence-electron chi connectivity index (χ0n) is 42.8. The summed E-state index contributed by atoms with van der Waals surface area (Å²) in [5, 5.41) is 6.45. The van der Waals surface area contributed by atoms with Gasteiger partial charge in [-0.05, 0) is 30.2 Å². The number of hydrogen-bond donors (Lipinski definition) is 0. The number of aromatic nitrogens is 3. The number of hydrogen-bond acceptors (Lipinski definition) is 4. The molecule has 0 bridgehead atoms. The molecule has 4 aromatic heterocycles. The molecule has 11 aromatic rings. The second-order valence-corrected chi connectivity index (χ2v) is 28.7. The third kappa shape index (κ3) is 7.59. The summed E-state index contributed by atoms with van der Waals surface area (Å²) in [6.45, 7) is 4.93. The van der Waals surface area contributed by atoms with Crippen LogP contribution in [0.1, 0.15) is 70.0 Å². The minimum Gasteiger partial charge on any atom is -0.304 e. The Hall–Kier alpha value is -5.79. The molecule has 7 aromatic carbocycles. The van der Waals surface area contributed by atoms with Crippen molar-refractivity contribution in [2.24, 2.45) is 0 Å². The van der Waals surface area contributed by atoms with Gasteiger partial charge in [-0.15, -0.1) is 35.4 Å². The van der Waals surface area contributed by atoms with Gasteiger partial charge in [-0.3, -0.25) is 0 Å². The molecule has 0 atom stereocenters. The zero-order chi connectivity index (χ0) is 48.7. The van der Waals surface area contributed by atoms with Crippen LogP contribution in [0, 0.1) is 25.8 Å². The van der Waals surface area contributed by atoms with E-state index in [2.05, 4.69) is 146 Å². The van der Waals surface area contributed by atoms with Gasteiger partial charge >= 0.3 is 233 Å². The number of nitrogens with zero attached hydrogens (tertiary/aromatic N) is 3. The van der Waals surface area contributed by atoms with Crippen molar-refractivity contribution in [3.8, 4) is 28.3 Å². The van der Waals surface area contributed by atoms with Gasteiger partial charge in [-0.2, -0.15) is 0 Å². The maximum atomic E-state index is 7.28. The first-order chi connectivity index (χ1) is 32.8. The summed E-state index contributed by atoms with van der Waals surface area (Å²) in [4.78, 5) is 9.42. The number of rotatable bonds is 6. The van der Waals surface area contributed by atoms with Crippen LogP contribution in [0.3, 0.4) is 0 Å². The van der Waals surface area contributed by atoms with Gasteiger partial charge in [-0.1, -0.05) is 37.2 Å². The second kappa shape index (κ2) is 17.0. The minimum absolute atomic E-state index is 0. The van der Waals surface area contributed by atoms with E-state index in [1.165, 1.54) is 41.2 Å². The molecule has 0 amide bonds. The van der Waals surface area contributed by atoms with Crippen molar-refractivity contribution in [2.75, 3.05) is 0 Å². The number of imidazole rings is 1. The van der Waals surface area contributed by atoms with E-state index >= 15 is 0 Å². The van der Waals surface area contributed by atoms with Crippen molar-refractivity contribution < 1.29 is 37.2 Å². The van der Waals surface area contributed by atoms with Crippen molar-refractivity contribution in [2.45, 2.75) is 70.5 Å². The fraction of sp³-hybridized carbons (Fsp3) is 0.193. The van der Waals surface area contributed by atoms with Gasteiger partial charge in [0, 0.05) is 45.3 Å². The number of para-hydroxylation sites is 3. The van der Waals surface area contributed by atoms with Gasteiger partial charge < -0.3 is 9.40 Å². The van der Waals surface area contributed by atoms with Crippen molar-refractivity contribution in [3.63, 3.8) is 0 Å². The summed E-state index contributed by atoms with van der Waals surface area (Å²) < 4.78 is 61.0. The molecular formula is C57H51GeIrN3O2-2. The third-order valence-corrected chi connectivity index (χ3v) is 16.3. The molecule has 0 unspecified atom stereocenters. The fourth-order valence-corrected chi connectivity index (χ4v) is 11.2. The van der Waals surface area contributed by atoms with Crippen LogP contribution in [0.2, 0.25) is 17.3 Å². The SMILES string of the molecule is CC(C)c1c[c]([Ge]([CH3])([CH3])[CH3])cc(C(C)C)c1-n1c(-c2[c-]ccc3c2oc2c3ccc3c2ccc2c4ccccc4oc23)nc2ccccc21.[2H]C([2H])([2H])c1c[c-]c(-c2ccc(C([2H])([2H])[2H])cn2)cc1.[Ir]. The molecule has 0 saturated heterocycles. The van der Waals surface area contributed by atoms with E-state index in [-0.39, 0.29) is 31.2 Å². The first-order valence-electron chi connectivity index (χ1n) is 24.5. The van der Waals surface area contributed by atoms with Crippen LogP contribution < -0.4 is 4.40 Å². The Balaban J connectivity index is 0.000000244. The molecule has 0 aliphatic carbocycles. The Morgan fingerprint density at radius 3 is 1.89 bits per heavy atom. The van der Waals surface area contributed by atoms with Crippen LogP contribution in [-0.2, 0) is 20.1 Å². The van der Waals surface area contributed by atoms with Crippen LogP contribution in [0.15, 0.2) is 142 Å². The first kappa shape index (κ1) is 36.5. The summed E-state index contributed by atoms with van der Waals surface area (Å²) in [7, 11) is 0. The Labute approximate surface area is 399 Å². The molecule has 5 nitrogen and oxygen atoms in total. The molecule has 11 rings (SSSR count). The quantitative estimate of drug-likeness (QED) is 0.123. The molecule has 0 N–H and O–H groups in total.